The van der Waals surface area contributed by atoms with Crippen LogP contribution in [0.15, 0.2) is 213 Å². The topological polar surface area (TPSA) is 146 Å². The van der Waals surface area contributed by atoms with Gasteiger partial charge in [-0.15, -0.1) is 0 Å². The van der Waals surface area contributed by atoms with E-state index >= 15 is 0 Å². The van der Waals surface area contributed by atoms with Crippen molar-refractivity contribution in [3.05, 3.63) is 234 Å². The van der Waals surface area contributed by atoms with Crippen molar-refractivity contribution in [2.75, 3.05) is 0 Å². The summed E-state index contributed by atoms with van der Waals surface area (Å²) in [5, 5.41) is 3.21. The fourth-order valence-electron chi connectivity index (χ4n) is 8.64. The molecule has 12 nitrogen and oxygen atoms in total. The molecule has 11 rings (SSSR count). The molecule has 0 atom stereocenters. The number of fused-ring (bicyclic) bond motifs is 3. The molecule has 0 bridgehead atoms. The van der Waals surface area contributed by atoms with Gasteiger partial charge < -0.3 is 41.7 Å². The molecule has 432 valence electrons. The van der Waals surface area contributed by atoms with Crippen LogP contribution in [0.3, 0.4) is 0 Å². The molecule has 8 aromatic carbocycles. The van der Waals surface area contributed by atoms with Gasteiger partial charge in [-0.25, -0.2) is 14.4 Å². The van der Waals surface area contributed by atoms with Crippen LogP contribution < -0.4 is 14.2 Å². The first-order valence-electron chi connectivity index (χ1n) is 27.9. The Morgan fingerprint density at radius 2 is 0.690 bits per heavy atom. The normalized spacial score (nSPS) is 11.1. The monoisotopic (exact) mass is 1150 g/mol. The number of furan rings is 3. The number of benzene rings is 8. The van der Waals surface area contributed by atoms with Gasteiger partial charge in [0, 0.05) is 49.5 Å². The van der Waals surface area contributed by atoms with E-state index in [1.807, 2.05) is 78.9 Å². The van der Waals surface area contributed by atoms with Crippen LogP contribution >= 0.6 is 0 Å². The van der Waals surface area contributed by atoms with Crippen LogP contribution in [0.2, 0.25) is 0 Å². The van der Waals surface area contributed by atoms with E-state index in [1.54, 1.807) is 123 Å². The summed E-state index contributed by atoms with van der Waals surface area (Å²) >= 11 is 0. The van der Waals surface area contributed by atoms with Crippen LogP contribution in [-0.2, 0) is 14.2 Å². The molecule has 3 aromatic heterocycles. The number of para-hydroxylation sites is 2. The highest BCUT2D eigenvalue weighted by Crippen LogP contribution is 2.36. The van der Waals surface area contributed by atoms with Crippen molar-refractivity contribution in [3.63, 3.8) is 0 Å². The Labute approximate surface area is 504 Å². The number of carbonyl (C=O) groups is 3. The fraction of sp³-hybridized carbons (Fsp3) is 0.160. The van der Waals surface area contributed by atoms with Gasteiger partial charge in [0.1, 0.15) is 56.6 Å². The van der Waals surface area contributed by atoms with Gasteiger partial charge in [0.15, 0.2) is 11.5 Å². The molecule has 0 radical (unpaired) electrons. The molecule has 12 heteroatoms. The smallest absolute Gasteiger partial charge is 0.456 e. The largest absolute Gasteiger partial charge is 0.514 e. The summed E-state index contributed by atoms with van der Waals surface area (Å²) in [4.78, 5) is 37.8. The van der Waals surface area contributed by atoms with Gasteiger partial charge in [0.2, 0.25) is 0 Å². The van der Waals surface area contributed by atoms with Gasteiger partial charge >= 0.3 is 18.5 Å². The Morgan fingerprint density at radius 1 is 0.310 bits per heavy atom. The highest BCUT2D eigenvalue weighted by Gasteiger charge is 2.23. The van der Waals surface area contributed by atoms with Crippen molar-refractivity contribution in [3.8, 4) is 86.7 Å². The summed E-state index contributed by atoms with van der Waals surface area (Å²) in [5.74, 6) is 21.2. The third kappa shape index (κ3) is 16.2. The number of hydrogen-bond acceptors (Lipinski definition) is 12. The first-order chi connectivity index (χ1) is 41.6. The quantitative estimate of drug-likeness (QED) is 0.0676. The van der Waals surface area contributed by atoms with Crippen LogP contribution in [0.1, 0.15) is 95.7 Å². The lowest BCUT2D eigenvalue weighted by molar-refractivity contribution is 0.0192. The minimum atomic E-state index is -0.929. The average Bonchev–Trinajstić information content (AvgIpc) is 2.47. The van der Waals surface area contributed by atoms with Gasteiger partial charge in [-0.1, -0.05) is 139 Å². The van der Waals surface area contributed by atoms with E-state index in [0.29, 0.717) is 27.8 Å². The molecule has 3 heterocycles. The van der Waals surface area contributed by atoms with Crippen LogP contribution in [0.4, 0.5) is 14.4 Å². The third-order valence-corrected chi connectivity index (χ3v) is 12.5. The Hall–Kier alpha value is -11.1. The van der Waals surface area contributed by atoms with E-state index in [-0.39, 0.29) is 17.2 Å². The van der Waals surface area contributed by atoms with E-state index in [4.69, 9.17) is 41.7 Å². The Morgan fingerprint density at radius 3 is 1.17 bits per heavy atom. The standard InChI is InChI=1S/C45H42O9.C30H18O3/c1-43(2,3)52-40(46)49-37-18-14-13-17-34(37)25-20-32-22-27-36(39(29-32)51-42(48)54-45(7,8)9)28-23-33-21-26-35(24-19-31-15-11-10-12-16-31)38(30-33)50-41(47)53-44(4,5)6;1-2-6-19(7-3-1)26-15-21-10-12-23(17-28(21)32-26)30-18-24-13-11-22(16-29(24)33-30)27-14-20-8-4-5-9-25(20)31-27/h10-18,21-22,26-27,29-30H,1-9H3;1-18H. The van der Waals surface area contributed by atoms with Gasteiger partial charge in [0.25, 0.3) is 0 Å². The maximum absolute atomic E-state index is 12.8. The zero-order chi connectivity index (χ0) is 61.3. The number of carbonyl (C=O) groups excluding carboxylic acids is 3. The van der Waals surface area contributed by atoms with Crippen molar-refractivity contribution in [1.29, 1.82) is 0 Å². The molecule has 0 spiro atoms. The maximum atomic E-state index is 12.8. The second-order valence-corrected chi connectivity index (χ2v) is 23.0. The molecule has 0 aliphatic rings. The van der Waals surface area contributed by atoms with E-state index < -0.39 is 35.3 Å². The van der Waals surface area contributed by atoms with Crippen LogP contribution in [0, 0.1) is 35.5 Å². The molecule has 0 aliphatic carbocycles. The molecule has 0 aliphatic heterocycles. The second-order valence-electron chi connectivity index (χ2n) is 23.0. The predicted molar refractivity (Wildman–Crippen MR) is 336 cm³/mol. The third-order valence-electron chi connectivity index (χ3n) is 12.5. The van der Waals surface area contributed by atoms with Crippen molar-refractivity contribution in [2.45, 2.75) is 79.1 Å². The molecular weight excluding hydrogens is 1090 g/mol. The SMILES string of the molecule is CC(C)(C)OC(=O)Oc1ccccc1C#Cc1ccc(C#Cc2ccc(C#Cc3ccccc3)c(OC(=O)OC(C)(C)C)c2)c(OC(=O)OC(C)(C)C)c1.c1ccc(-c2cc3ccc(-c4cc5ccc(-c6cc7ccccc7o6)cc5o4)cc3o2)cc1. The summed E-state index contributed by atoms with van der Waals surface area (Å²) in [7, 11) is 0. The Kier molecular flexibility index (Phi) is 17.2. The zero-order valence-corrected chi connectivity index (χ0v) is 49.5. The second kappa shape index (κ2) is 25.4. The Bertz CT molecular complexity index is 4510. The van der Waals surface area contributed by atoms with E-state index in [2.05, 4.69) is 96.2 Å². The van der Waals surface area contributed by atoms with Crippen LogP contribution in [0.5, 0.6) is 17.2 Å². The summed E-state index contributed by atoms with van der Waals surface area (Å²) < 4.78 is 51.1. The van der Waals surface area contributed by atoms with Crippen LogP contribution in [-0.4, -0.2) is 35.3 Å². The van der Waals surface area contributed by atoms with Gasteiger partial charge in [-0.2, -0.15) is 0 Å². The van der Waals surface area contributed by atoms with Gasteiger partial charge in [-0.3, -0.25) is 0 Å². The first-order valence-corrected chi connectivity index (χ1v) is 27.9. The zero-order valence-electron chi connectivity index (χ0n) is 49.5. The minimum absolute atomic E-state index is 0.0948. The highest BCUT2D eigenvalue weighted by atomic mass is 16.7. The molecule has 0 fully saturated rings. The predicted octanol–water partition coefficient (Wildman–Crippen LogP) is 18.8. The lowest BCUT2D eigenvalue weighted by Crippen LogP contribution is -2.26. The summed E-state index contributed by atoms with van der Waals surface area (Å²) in [5.41, 5.74) is 6.25. The van der Waals surface area contributed by atoms with E-state index in [1.165, 1.54) is 0 Å². The van der Waals surface area contributed by atoms with E-state index in [9.17, 15) is 14.4 Å². The molecule has 0 amide bonds. The summed E-state index contributed by atoms with van der Waals surface area (Å²) in [6.45, 7) is 15.6. The summed E-state index contributed by atoms with van der Waals surface area (Å²) in [6.07, 6.45) is -2.67. The molecule has 0 saturated carbocycles. The van der Waals surface area contributed by atoms with Crippen molar-refractivity contribution >= 4 is 51.4 Å². The first kappa shape index (κ1) is 59.0. The van der Waals surface area contributed by atoms with Crippen LogP contribution in [0.25, 0.3) is 66.9 Å². The lowest BCUT2D eigenvalue weighted by atomic mass is 10.1. The highest BCUT2D eigenvalue weighted by molar-refractivity contribution is 5.91. The van der Waals surface area contributed by atoms with Crippen molar-refractivity contribution in [1.82, 2.24) is 0 Å². The van der Waals surface area contributed by atoms with Crippen molar-refractivity contribution in [2.24, 2.45) is 0 Å². The fourth-order valence-corrected chi connectivity index (χ4v) is 8.64. The molecule has 87 heavy (non-hydrogen) atoms. The number of rotatable bonds is 6. The van der Waals surface area contributed by atoms with Gasteiger partial charge in [0.05, 0.1) is 16.7 Å². The average molecular weight is 1150 g/mol. The molecule has 0 saturated heterocycles. The molecule has 11 aromatic rings. The summed E-state index contributed by atoms with van der Waals surface area (Å²) in [6, 6.07) is 62.8. The maximum Gasteiger partial charge on any atom is 0.514 e. The number of ether oxygens (including phenoxy) is 6. The minimum Gasteiger partial charge on any atom is -0.456 e. The number of hydrogen-bond donors (Lipinski definition) is 0. The molecule has 0 N–H and O–H groups in total. The van der Waals surface area contributed by atoms with Gasteiger partial charge in [-0.05, 0) is 159 Å². The Balaban J connectivity index is 0.000000214. The molecule has 0 unspecified atom stereocenters. The molecular formula is C75H60O12. The van der Waals surface area contributed by atoms with Crippen molar-refractivity contribution < 1.29 is 56.1 Å². The lowest BCUT2D eigenvalue weighted by Gasteiger charge is -2.19. The van der Waals surface area contributed by atoms with E-state index in [0.717, 1.165) is 72.4 Å².